The van der Waals surface area contributed by atoms with Crippen molar-refractivity contribution in [2.45, 2.75) is 90.1 Å². The maximum absolute atomic E-state index is 9.03. The summed E-state index contributed by atoms with van der Waals surface area (Å²) in [6.07, 6.45) is 22.9. The van der Waals surface area contributed by atoms with Gasteiger partial charge in [-0.05, 0) is 32.1 Å². The Morgan fingerprint density at radius 3 is 2.30 bits per heavy atom. The van der Waals surface area contributed by atoms with Crippen LogP contribution >= 0.6 is 0 Å². The number of hydrogen-bond donors (Lipinski definition) is 1. The molecule has 0 bridgehead atoms. The van der Waals surface area contributed by atoms with E-state index in [1.54, 1.807) is 0 Å². The van der Waals surface area contributed by atoms with E-state index >= 15 is 0 Å². The van der Waals surface area contributed by atoms with Crippen molar-refractivity contribution in [1.82, 2.24) is 4.90 Å². The third-order valence-corrected chi connectivity index (χ3v) is 4.64. The summed E-state index contributed by atoms with van der Waals surface area (Å²) < 4.78 is 0. The van der Waals surface area contributed by atoms with Crippen LogP contribution in [0.4, 0.5) is 0 Å². The van der Waals surface area contributed by atoms with E-state index in [0.29, 0.717) is 6.17 Å². The summed E-state index contributed by atoms with van der Waals surface area (Å²) in [6, 6.07) is 0. The second-order valence-corrected chi connectivity index (χ2v) is 6.67. The summed E-state index contributed by atoms with van der Waals surface area (Å²) in [5, 5.41) is 9.03. The molecule has 0 spiro atoms. The van der Waals surface area contributed by atoms with E-state index in [-0.39, 0.29) is 6.61 Å². The van der Waals surface area contributed by atoms with Gasteiger partial charge in [-0.3, -0.25) is 9.89 Å². The van der Waals surface area contributed by atoms with Crippen LogP contribution in [-0.2, 0) is 0 Å². The largest absolute Gasteiger partial charge is 0.395 e. The van der Waals surface area contributed by atoms with Crippen LogP contribution in [0, 0.1) is 0 Å². The second-order valence-electron chi connectivity index (χ2n) is 6.67. The van der Waals surface area contributed by atoms with Gasteiger partial charge in [0.15, 0.2) is 0 Å². The minimum atomic E-state index is 0.245. The molecule has 1 atom stereocenters. The Labute approximate surface area is 143 Å². The Hall–Kier alpha value is -0.670. The summed E-state index contributed by atoms with van der Waals surface area (Å²) in [5.74, 6) is 0. The lowest BCUT2D eigenvalue weighted by Crippen LogP contribution is -2.32. The molecule has 0 aromatic carbocycles. The zero-order valence-corrected chi connectivity index (χ0v) is 15.3. The van der Waals surface area contributed by atoms with Crippen molar-refractivity contribution < 1.29 is 5.11 Å². The Kier molecular flexibility index (Phi) is 13.2. The molecule has 0 radical (unpaired) electrons. The first-order valence-corrected chi connectivity index (χ1v) is 9.90. The van der Waals surface area contributed by atoms with Crippen molar-refractivity contribution in [3.8, 4) is 0 Å². The fourth-order valence-corrected chi connectivity index (χ4v) is 3.23. The van der Waals surface area contributed by atoms with Crippen molar-refractivity contribution in [3.63, 3.8) is 0 Å². The van der Waals surface area contributed by atoms with Crippen molar-refractivity contribution in [1.29, 1.82) is 0 Å². The molecule has 0 fully saturated rings. The average Bonchev–Trinajstić information content (AvgIpc) is 2.99. The standard InChI is InChI=1S/C20H38N2O/c1-2-3-4-5-6-7-8-9-10-11-12-13-14-15-20-21-16-17-22(20)18-19-23/h3-4,16,20,23H,2,5-15,17-19H2,1H3/b4-3+. The smallest absolute Gasteiger partial charge is 0.102 e. The first-order valence-electron chi connectivity index (χ1n) is 9.90. The van der Waals surface area contributed by atoms with Crippen LogP contribution in [0.2, 0.25) is 0 Å². The maximum Gasteiger partial charge on any atom is 0.102 e. The van der Waals surface area contributed by atoms with Crippen molar-refractivity contribution in [2.75, 3.05) is 19.7 Å². The van der Waals surface area contributed by atoms with E-state index in [2.05, 4.69) is 29.0 Å². The highest BCUT2D eigenvalue weighted by molar-refractivity contribution is 5.62. The SMILES string of the molecule is CC/C=C/CCCCCCCCCCCC1N=CCN1CCO. The molecule has 3 nitrogen and oxygen atoms in total. The molecular formula is C20H38N2O. The van der Waals surface area contributed by atoms with Crippen LogP contribution in [-0.4, -0.2) is 42.1 Å². The lowest BCUT2D eigenvalue weighted by Gasteiger charge is -2.21. The van der Waals surface area contributed by atoms with Crippen LogP contribution in [0.15, 0.2) is 17.1 Å². The van der Waals surface area contributed by atoms with Crippen LogP contribution in [0.1, 0.15) is 84.0 Å². The lowest BCUT2D eigenvalue weighted by molar-refractivity contribution is 0.176. The van der Waals surface area contributed by atoms with Gasteiger partial charge in [-0.15, -0.1) is 0 Å². The molecule has 1 heterocycles. The Bertz CT molecular complexity index is 315. The second kappa shape index (κ2) is 14.9. The monoisotopic (exact) mass is 322 g/mol. The van der Waals surface area contributed by atoms with E-state index in [1.807, 2.05) is 6.21 Å². The van der Waals surface area contributed by atoms with Gasteiger partial charge in [-0.2, -0.15) is 0 Å². The molecule has 1 unspecified atom stereocenters. The van der Waals surface area contributed by atoms with Crippen LogP contribution in [0.3, 0.4) is 0 Å². The zero-order valence-electron chi connectivity index (χ0n) is 15.3. The molecule has 0 aliphatic carbocycles. The van der Waals surface area contributed by atoms with E-state index < -0.39 is 0 Å². The number of allylic oxidation sites excluding steroid dienone is 2. The first kappa shape index (κ1) is 20.4. The number of β-amino-alcohol motifs (C(OH)–C–C–N with tert-alkyl or cyclic N) is 1. The normalized spacial score (nSPS) is 18.4. The molecular weight excluding hydrogens is 284 g/mol. The number of nitrogens with zero attached hydrogens (tertiary/aromatic N) is 2. The number of rotatable bonds is 15. The summed E-state index contributed by atoms with van der Waals surface area (Å²) in [5.41, 5.74) is 0. The van der Waals surface area contributed by atoms with E-state index in [4.69, 9.17) is 5.11 Å². The topological polar surface area (TPSA) is 35.8 Å². The quantitative estimate of drug-likeness (QED) is 0.342. The minimum Gasteiger partial charge on any atom is -0.395 e. The van der Waals surface area contributed by atoms with Gasteiger partial charge in [0.1, 0.15) is 6.17 Å². The van der Waals surface area contributed by atoms with Gasteiger partial charge in [0, 0.05) is 19.3 Å². The number of unbranched alkanes of at least 4 members (excludes halogenated alkanes) is 9. The summed E-state index contributed by atoms with van der Waals surface area (Å²) >= 11 is 0. The van der Waals surface area contributed by atoms with Crippen LogP contribution in [0.5, 0.6) is 0 Å². The zero-order chi connectivity index (χ0) is 16.6. The van der Waals surface area contributed by atoms with E-state index in [1.165, 1.54) is 70.6 Å². The molecule has 134 valence electrons. The van der Waals surface area contributed by atoms with Crippen molar-refractivity contribution in [3.05, 3.63) is 12.2 Å². The van der Waals surface area contributed by atoms with Crippen LogP contribution in [0.25, 0.3) is 0 Å². The molecule has 0 saturated carbocycles. The van der Waals surface area contributed by atoms with E-state index in [9.17, 15) is 0 Å². The lowest BCUT2D eigenvalue weighted by atomic mass is 10.0. The molecule has 0 saturated heterocycles. The van der Waals surface area contributed by atoms with Crippen molar-refractivity contribution >= 4 is 6.21 Å². The molecule has 1 aliphatic heterocycles. The minimum absolute atomic E-state index is 0.245. The van der Waals surface area contributed by atoms with Gasteiger partial charge < -0.3 is 5.11 Å². The fourth-order valence-electron chi connectivity index (χ4n) is 3.23. The number of aliphatic imine (C=N–C) groups is 1. The highest BCUT2D eigenvalue weighted by Gasteiger charge is 2.19. The molecule has 0 aromatic rings. The summed E-state index contributed by atoms with van der Waals surface area (Å²) in [7, 11) is 0. The van der Waals surface area contributed by atoms with Crippen LogP contribution < -0.4 is 0 Å². The summed E-state index contributed by atoms with van der Waals surface area (Å²) in [6.45, 7) is 4.12. The van der Waals surface area contributed by atoms with Gasteiger partial charge in [0.05, 0.1) is 6.61 Å². The third kappa shape index (κ3) is 10.7. The van der Waals surface area contributed by atoms with Gasteiger partial charge >= 0.3 is 0 Å². The molecule has 1 rings (SSSR count). The molecule has 1 N–H and O–H groups in total. The number of hydrogen-bond acceptors (Lipinski definition) is 3. The van der Waals surface area contributed by atoms with Crippen molar-refractivity contribution in [2.24, 2.45) is 4.99 Å². The Morgan fingerprint density at radius 1 is 1.00 bits per heavy atom. The van der Waals surface area contributed by atoms with Gasteiger partial charge in [0.2, 0.25) is 0 Å². The first-order chi connectivity index (χ1) is 11.4. The van der Waals surface area contributed by atoms with Gasteiger partial charge in [-0.1, -0.05) is 64.0 Å². The number of aliphatic hydroxyl groups excluding tert-OH is 1. The molecule has 3 heteroatoms. The van der Waals surface area contributed by atoms with E-state index in [0.717, 1.165) is 19.5 Å². The average molecular weight is 323 g/mol. The molecule has 0 amide bonds. The maximum atomic E-state index is 9.03. The number of aliphatic hydroxyl groups is 1. The molecule has 1 aliphatic rings. The summed E-state index contributed by atoms with van der Waals surface area (Å²) in [4.78, 5) is 6.79. The fraction of sp³-hybridized carbons (Fsp3) is 0.850. The predicted octanol–water partition coefficient (Wildman–Crippen LogP) is 4.95. The molecule has 0 aromatic heterocycles. The molecule has 23 heavy (non-hydrogen) atoms. The van der Waals surface area contributed by atoms with Gasteiger partial charge in [-0.25, -0.2) is 0 Å². The highest BCUT2D eigenvalue weighted by atomic mass is 16.3. The predicted molar refractivity (Wildman–Crippen MR) is 101 cm³/mol. The Balaban J connectivity index is 1.81. The highest BCUT2D eigenvalue weighted by Crippen LogP contribution is 2.16. The van der Waals surface area contributed by atoms with Gasteiger partial charge in [0.25, 0.3) is 0 Å². The third-order valence-electron chi connectivity index (χ3n) is 4.64. The Morgan fingerprint density at radius 2 is 1.65 bits per heavy atom.